The van der Waals surface area contributed by atoms with Gasteiger partial charge in [0.05, 0.1) is 0 Å². The van der Waals surface area contributed by atoms with Crippen LogP contribution in [0.4, 0.5) is 0 Å². The predicted molar refractivity (Wildman–Crippen MR) is 65.0 cm³/mol. The Morgan fingerprint density at radius 3 is 2.12 bits per heavy atom. The Morgan fingerprint density at radius 2 is 1.62 bits per heavy atom. The quantitative estimate of drug-likeness (QED) is 0.676. The van der Waals surface area contributed by atoms with E-state index >= 15 is 0 Å². The molecule has 0 fully saturated rings. The van der Waals surface area contributed by atoms with Gasteiger partial charge in [0.25, 0.3) is 0 Å². The maximum atomic E-state index is 11.5. The minimum absolute atomic E-state index is 0.00954. The molecule has 94 valence electrons. The molecule has 0 rings (SSSR count). The van der Waals surface area contributed by atoms with Crippen LogP contribution in [0.25, 0.3) is 0 Å². The maximum Gasteiger partial charge on any atom is 0.225 e. The fourth-order valence-electron chi connectivity index (χ4n) is 1.07. The van der Waals surface area contributed by atoms with Crippen LogP contribution in [0.3, 0.4) is 0 Å². The second kappa shape index (κ2) is 7.25. The lowest BCUT2D eigenvalue weighted by atomic mass is 9.96. The third kappa shape index (κ3) is 7.26. The first kappa shape index (κ1) is 14.9. The summed E-state index contributed by atoms with van der Waals surface area (Å²) in [5.74, 6) is 0.0714. The second-order valence-corrected chi connectivity index (χ2v) is 4.96. The molecular formula is C12H24N2O2. The number of nitrogens with one attached hydrogen (secondary N) is 2. The van der Waals surface area contributed by atoms with Crippen LogP contribution in [0.2, 0.25) is 0 Å². The standard InChI is InChI=1S/C12H24N2O2/c1-5-6-7-10(15)13-8-9-14-11(16)12(2,3)4/h5-9H2,1-4H3,(H,13,15)(H,14,16). The zero-order valence-electron chi connectivity index (χ0n) is 10.9. The Balaban J connectivity index is 3.54. The van der Waals surface area contributed by atoms with Crippen LogP contribution in [-0.4, -0.2) is 24.9 Å². The van der Waals surface area contributed by atoms with E-state index in [2.05, 4.69) is 17.6 Å². The van der Waals surface area contributed by atoms with Crippen molar-refractivity contribution in [3.05, 3.63) is 0 Å². The van der Waals surface area contributed by atoms with Crippen molar-refractivity contribution in [3.8, 4) is 0 Å². The molecule has 0 aliphatic heterocycles. The molecule has 0 radical (unpaired) electrons. The van der Waals surface area contributed by atoms with Crippen LogP contribution in [0.1, 0.15) is 47.0 Å². The minimum atomic E-state index is -0.369. The van der Waals surface area contributed by atoms with Crippen molar-refractivity contribution in [2.75, 3.05) is 13.1 Å². The van der Waals surface area contributed by atoms with Gasteiger partial charge < -0.3 is 10.6 Å². The Kier molecular flexibility index (Phi) is 6.77. The molecule has 4 nitrogen and oxygen atoms in total. The van der Waals surface area contributed by atoms with Gasteiger partial charge in [0.2, 0.25) is 11.8 Å². The monoisotopic (exact) mass is 228 g/mol. The molecule has 2 N–H and O–H groups in total. The van der Waals surface area contributed by atoms with Crippen molar-refractivity contribution >= 4 is 11.8 Å². The lowest BCUT2D eigenvalue weighted by Crippen LogP contribution is -2.39. The molecule has 0 aliphatic carbocycles. The average molecular weight is 228 g/mol. The van der Waals surface area contributed by atoms with E-state index in [-0.39, 0.29) is 17.2 Å². The summed E-state index contributed by atoms with van der Waals surface area (Å²) < 4.78 is 0. The molecule has 0 spiro atoms. The van der Waals surface area contributed by atoms with E-state index in [0.29, 0.717) is 19.5 Å². The normalized spacial score (nSPS) is 11.0. The molecule has 0 aliphatic rings. The molecule has 0 unspecified atom stereocenters. The molecule has 2 amide bonds. The Labute approximate surface area is 98.2 Å². The summed E-state index contributed by atoms with van der Waals surface area (Å²) in [4.78, 5) is 22.7. The molecule has 0 aromatic rings. The first-order valence-corrected chi connectivity index (χ1v) is 5.93. The van der Waals surface area contributed by atoms with Crippen LogP contribution >= 0.6 is 0 Å². The van der Waals surface area contributed by atoms with Gasteiger partial charge >= 0.3 is 0 Å². The summed E-state index contributed by atoms with van der Waals surface area (Å²) in [6, 6.07) is 0. The summed E-state index contributed by atoms with van der Waals surface area (Å²) in [5, 5.41) is 5.55. The molecule has 0 atom stereocenters. The number of hydrogen-bond acceptors (Lipinski definition) is 2. The predicted octanol–water partition coefficient (Wildman–Crippen LogP) is 1.46. The maximum absolute atomic E-state index is 11.5. The van der Waals surface area contributed by atoms with Gasteiger partial charge in [0.1, 0.15) is 0 Å². The molecule has 4 heteroatoms. The second-order valence-electron chi connectivity index (χ2n) is 4.96. The SMILES string of the molecule is CCCCC(=O)NCCNC(=O)C(C)(C)C. The van der Waals surface area contributed by atoms with Crippen LogP contribution in [0.15, 0.2) is 0 Å². The Hall–Kier alpha value is -1.06. The third-order valence-corrected chi connectivity index (χ3v) is 2.17. The van der Waals surface area contributed by atoms with E-state index in [1.54, 1.807) is 0 Å². The Bertz CT molecular complexity index is 232. The highest BCUT2D eigenvalue weighted by Gasteiger charge is 2.20. The Morgan fingerprint density at radius 1 is 1.06 bits per heavy atom. The molecule has 0 saturated heterocycles. The van der Waals surface area contributed by atoms with Gasteiger partial charge in [-0.1, -0.05) is 34.1 Å². The fourth-order valence-corrected chi connectivity index (χ4v) is 1.07. The van der Waals surface area contributed by atoms with E-state index in [9.17, 15) is 9.59 Å². The summed E-state index contributed by atoms with van der Waals surface area (Å²) in [7, 11) is 0. The van der Waals surface area contributed by atoms with Crippen molar-refractivity contribution in [2.24, 2.45) is 5.41 Å². The van der Waals surface area contributed by atoms with E-state index in [4.69, 9.17) is 0 Å². The van der Waals surface area contributed by atoms with E-state index in [0.717, 1.165) is 12.8 Å². The summed E-state index contributed by atoms with van der Waals surface area (Å²) in [6.45, 7) is 8.64. The van der Waals surface area contributed by atoms with E-state index in [1.165, 1.54) is 0 Å². The highest BCUT2D eigenvalue weighted by molar-refractivity contribution is 5.81. The van der Waals surface area contributed by atoms with Gasteiger partial charge in [-0.15, -0.1) is 0 Å². The lowest BCUT2D eigenvalue weighted by molar-refractivity contribution is -0.128. The number of amides is 2. The van der Waals surface area contributed by atoms with Crippen molar-refractivity contribution < 1.29 is 9.59 Å². The molecule has 0 heterocycles. The lowest BCUT2D eigenvalue weighted by Gasteiger charge is -2.17. The first-order valence-electron chi connectivity index (χ1n) is 5.93. The van der Waals surface area contributed by atoms with E-state index < -0.39 is 0 Å². The minimum Gasteiger partial charge on any atom is -0.354 e. The van der Waals surface area contributed by atoms with Crippen molar-refractivity contribution in [1.29, 1.82) is 0 Å². The number of rotatable bonds is 6. The van der Waals surface area contributed by atoms with Crippen LogP contribution in [-0.2, 0) is 9.59 Å². The van der Waals surface area contributed by atoms with Crippen LogP contribution in [0, 0.1) is 5.41 Å². The van der Waals surface area contributed by atoms with Crippen molar-refractivity contribution in [2.45, 2.75) is 47.0 Å². The van der Waals surface area contributed by atoms with Gasteiger partial charge in [0.15, 0.2) is 0 Å². The molecule has 0 saturated carbocycles. The molecular weight excluding hydrogens is 204 g/mol. The van der Waals surface area contributed by atoms with E-state index in [1.807, 2.05) is 20.8 Å². The number of unbranched alkanes of at least 4 members (excludes halogenated alkanes) is 1. The molecule has 0 aromatic carbocycles. The smallest absolute Gasteiger partial charge is 0.225 e. The van der Waals surface area contributed by atoms with Crippen LogP contribution < -0.4 is 10.6 Å². The average Bonchev–Trinajstić information content (AvgIpc) is 2.19. The molecule has 0 aromatic heterocycles. The van der Waals surface area contributed by atoms with Gasteiger partial charge in [-0.25, -0.2) is 0 Å². The van der Waals surface area contributed by atoms with Crippen molar-refractivity contribution in [1.82, 2.24) is 10.6 Å². The molecule has 0 bridgehead atoms. The number of hydrogen-bond donors (Lipinski definition) is 2. The largest absolute Gasteiger partial charge is 0.354 e. The highest BCUT2D eigenvalue weighted by atomic mass is 16.2. The van der Waals surface area contributed by atoms with Gasteiger partial charge in [-0.05, 0) is 6.42 Å². The summed E-state index contributed by atoms with van der Waals surface area (Å²) in [5.41, 5.74) is -0.369. The first-order chi connectivity index (χ1) is 7.38. The topological polar surface area (TPSA) is 58.2 Å². The fraction of sp³-hybridized carbons (Fsp3) is 0.833. The molecule has 16 heavy (non-hydrogen) atoms. The van der Waals surface area contributed by atoms with Crippen molar-refractivity contribution in [3.63, 3.8) is 0 Å². The zero-order valence-corrected chi connectivity index (χ0v) is 10.9. The zero-order chi connectivity index (χ0) is 12.6. The number of carbonyl (C=O) groups is 2. The number of carbonyl (C=O) groups excluding carboxylic acids is 2. The summed E-state index contributed by atoms with van der Waals surface area (Å²) in [6.07, 6.45) is 2.51. The van der Waals surface area contributed by atoms with Gasteiger partial charge in [0, 0.05) is 24.9 Å². The highest BCUT2D eigenvalue weighted by Crippen LogP contribution is 2.11. The van der Waals surface area contributed by atoms with Crippen LogP contribution in [0.5, 0.6) is 0 Å². The van der Waals surface area contributed by atoms with Gasteiger partial charge in [-0.2, -0.15) is 0 Å². The van der Waals surface area contributed by atoms with Gasteiger partial charge in [-0.3, -0.25) is 9.59 Å². The third-order valence-electron chi connectivity index (χ3n) is 2.17. The summed E-state index contributed by atoms with van der Waals surface area (Å²) >= 11 is 0.